The maximum absolute atomic E-state index is 13.0. The van der Waals surface area contributed by atoms with Crippen LogP contribution in [0.4, 0.5) is 14.5 Å². The van der Waals surface area contributed by atoms with Crippen molar-refractivity contribution in [1.82, 2.24) is 4.98 Å². The molecule has 0 bridgehead atoms. The Morgan fingerprint density at radius 3 is 2.68 bits per heavy atom. The van der Waals surface area contributed by atoms with E-state index in [1.807, 2.05) is 0 Å². The summed E-state index contributed by atoms with van der Waals surface area (Å²) in [6, 6.07) is 4.06. The van der Waals surface area contributed by atoms with Crippen LogP contribution in [0.3, 0.4) is 0 Å². The molecule has 0 aliphatic rings. The van der Waals surface area contributed by atoms with Crippen LogP contribution in [0, 0.1) is 21.7 Å². The van der Waals surface area contributed by atoms with Crippen molar-refractivity contribution in [2.24, 2.45) is 0 Å². The highest BCUT2D eigenvalue weighted by Gasteiger charge is 2.16. The van der Waals surface area contributed by atoms with E-state index in [1.165, 1.54) is 12.3 Å². The molecule has 0 fully saturated rings. The molecule has 0 spiro atoms. The van der Waals surface area contributed by atoms with Crippen LogP contribution in [0.5, 0.6) is 5.75 Å². The molecule has 0 aliphatic carbocycles. The van der Waals surface area contributed by atoms with Gasteiger partial charge >= 0.3 is 5.69 Å². The Hall–Kier alpha value is -2.57. The highest BCUT2D eigenvalue weighted by Crippen LogP contribution is 2.28. The molecule has 1 aromatic carbocycles. The lowest BCUT2D eigenvalue weighted by molar-refractivity contribution is -0.386. The molecule has 2 aromatic rings. The first kappa shape index (κ1) is 12.9. The van der Waals surface area contributed by atoms with Gasteiger partial charge in [-0.25, -0.2) is 8.78 Å². The molecule has 0 atom stereocenters. The van der Waals surface area contributed by atoms with E-state index in [1.54, 1.807) is 0 Å². The number of rotatable bonds is 4. The fraction of sp³-hybridized carbons (Fsp3) is 0.0833. The Morgan fingerprint density at radius 2 is 2.00 bits per heavy atom. The molecule has 2 rings (SSSR count). The molecule has 0 radical (unpaired) electrons. The molecule has 0 amide bonds. The Labute approximate surface area is 106 Å². The molecule has 1 heterocycles. The Morgan fingerprint density at radius 1 is 1.21 bits per heavy atom. The summed E-state index contributed by atoms with van der Waals surface area (Å²) in [5, 5.41) is 10.7. The third-order valence-corrected chi connectivity index (χ3v) is 2.27. The number of nitro benzene ring substituents is 1. The summed E-state index contributed by atoms with van der Waals surface area (Å²) in [5.41, 5.74) is 0.0318. The van der Waals surface area contributed by atoms with Gasteiger partial charge in [-0.15, -0.1) is 0 Å². The minimum Gasteiger partial charge on any atom is -0.482 e. The van der Waals surface area contributed by atoms with Gasteiger partial charge in [-0.2, -0.15) is 0 Å². The summed E-state index contributed by atoms with van der Waals surface area (Å²) in [6.07, 6.45) is 2.38. The largest absolute Gasteiger partial charge is 0.482 e. The monoisotopic (exact) mass is 266 g/mol. The second-order valence-electron chi connectivity index (χ2n) is 3.67. The first-order chi connectivity index (χ1) is 9.06. The predicted octanol–water partition coefficient (Wildman–Crippen LogP) is 2.85. The third-order valence-electron chi connectivity index (χ3n) is 2.27. The predicted molar refractivity (Wildman–Crippen MR) is 61.6 cm³/mol. The zero-order valence-electron chi connectivity index (χ0n) is 9.55. The minimum atomic E-state index is -0.682. The van der Waals surface area contributed by atoms with Gasteiger partial charge in [0, 0.05) is 23.9 Å². The molecule has 1 aromatic heterocycles. The number of hydrogen-bond acceptors (Lipinski definition) is 4. The second kappa shape index (κ2) is 5.38. The van der Waals surface area contributed by atoms with E-state index in [0.29, 0.717) is 5.56 Å². The van der Waals surface area contributed by atoms with Gasteiger partial charge in [0.25, 0.3) is 0 Å². The van der Waals surface area contributed by atoms with Gasteiger partial charge in [0.15, 0.2) is 5.75 Å². The molecule has 0 saturated carbocycles. The molecule has 7 heteroatoms. The van der Waals surface area contributed by atoms with Crippen LogP contribution in [-0.4, -0.2) is 9.91 Å². The Balaban J connectivity index is 2.19. The zero-order valence-corrected chi connectivity index (χ0v) is 9.55. The van der Waals surface area contributed by atoms with Crippen molar-refractivity contribution in [1.29, 1.82) is 0 Å². The second-order valence-corrected chi connectivity index (χ2v) is 3.67. The highest BCUT2D eigenvalue weighted by atomic mass is 19.1. The lowest BCUT2D eigenvalue weighted by Gasteiger charge is -2.06. The smallest absolute Gasteiger partial charge is 0.311 e. The van der Waals surface area contributed by atoms with Crippen molar-refractivity contribution < 1.29 is 18.4 Å². The summed E-state index contributed by atoms with van der Waals surface area (Å²) in [4.78, 5) is 13.7. The summed E-state index contributed by atoms with van der Waals surface area (Å²) >= 11 is 0. The van der Waals surface area contributed by atoms with E-state index in [2.05, 4.69) is 4.98 Å². The van der Waals surface area contributed by atoms with E-state index in [4.69, 9.17) is 4.74 Å². The maximum Gasteiger partial charge on any atom is 0.311 e. The summed E-state index contributed by atoms with van der Waals surface area (Å²) in [6.45, 7) is -0.144. The van der Waals surface area contributed by atoms with Crippen molar-refractivity contribution in [3.63, 3.8) is 0 Å². The van der Waals surface area contributed by atoms with Crippen LogP contribution in [0.2, 0.25) is 0 Å². The van der Waals surface area contributed by atoms with Crippen LogP contribution in [0.1, 0.15) is 5.56 Å². The number of aromatic nitrogens is 1. The molecule has 0 N–H and O–H groups in total. The minimum absolute atomic E-state index is 0.144. The van der Waals surface area contributed by atoms with Crippen LogP contribution in [0.25, 0.3) is 0 Å². The normalized spacial score (nSPS) is 10.2. The van der Waals surface area contributed by atoms with Gasteiger partial charge in [0.05, 0.1) is 11.1 Å². The summed E-state index contributed by atoms with van der Waals surface area (Å²) in [5.74, 6) is -1.41. The Kier molecular flexibility index (Phi) is 3.65. The van der Waals surface area contributed by atoms with Crippen LogP contribution >= 0.6 is 0 Å². The summed E-state index contributed by atoms with van der Waals surface area (Å²) < 4.78 is 31.0. The topological polar surface area (TPSA) is 65.3 Å². The molecular formula is C12H8F2N2O3. The number of nitrogens with zero attached hydrogens (tertiary/aromatic N) is 2. The lowest BCUT2D eigenvalue weighted by atomic mass is 10.2. The van der Waals surface area contributed by atoms with Crippen molar-refractivity contribution in [3.8, 4) is 5.75 Å². The zero-order chi connectivity index (χ0) is 13.8. The number of nitro groups is 1. The quantitative estimate of drug-likeness (QED) is 0.630. The first-order valence-corrected chi connectivity index (χ1v) is 5.22. The third kappa shape index (κ3) is 3.21. The fourth-order valence-electron chi connectivity index (χ4n) is 1.45. The molecule has 0 aliphatic heterocycles. The first-order valence-electron chi connectivity index (χ1n) is 5.22. The van der Waals surface area contributed by atoms with Gasteiger partial charge in [-0.1, -0.05) is 0 Å². The van der Waals surface area contributed by atoms with Gasteiger partial charge in [0.1, 0.15) is 18.2 Å². The van der Waals surface area contributed by atoms with Crippen molar-refractivity contribution >= 4 is 5.69 Å². The highest BCUT2D eigenvalue weighted by molar-refractivity contribution is 5.46. The van der Waals surface area contributed by atoms with E-state index in [9.17, 15) is 18.9 Å². The van der Waals surface area contributed by atoms with E-state index < -0.39 is 16.6 Å². The van der Waals surface area contributed by atoms with Crippen molar-refractivity contribution in [2.75, 3.05) is 0 Å². The lowest BCUT2D eigenvalue weighted by Crippen LogP contribution is -2.00. The number of hydrogen-bond donors (Lipinski definition) is 0. The average Bonchev–Trinajstić information content (AvgIpc) is 2.36. The Bertz CT molecular complexity index is 620. The van der Waals surface area contributed by atoms with Crippen LogP contribution < -0.4 is 4.74 Å². The molecule has 0 saturated heterocycles. The van der Waals surface area contributed by atoms with Crippen molar-refractivity contribution in [2.45, 2.75) is 6.61 Å². The maximum atomic E-state index is 13.0. The SMILES string of the molecule is O=[N+]([O-])c1ccc(F)cc1OCc1cncc(F)c1. The van der Waals surface area contributed by atoms with Gasteiger partial charge in [-0.3, -0.25) is 15.1 Å². The van der Waals surface area contributed by atoms with Gasteiger partial charge in [0.2, 0.25) is 0 Å². The van der Waals surface area contributed by atoms with Gasteiger partial charge < -0.3 is 4.74 Å². The average molecular weight is 266 g/mol. The number of pyridine rings is 1. The molecular weight excluding hydrogens is 258 g/mol. The summed E-state index contributed by atoms with van der Waals surface area (Å²) in [7, 11) is 0. The molecule has 0 unspecified atom stereocenters. The van der Waals surface area contributed by atoms with Gasteiger partial charge in [-0.05, 0) is 12.1 Å². The fourth-order valence-corrected chi connectivity index (χ4v) is 1.45. The number of benzene rings is 1. The van der Waals surface area contributed by atoms with E-state index in [-0.39, 0.29) is 18.0 Å². The number of halogens is 2. The molecule has 19 heavy (non-hydrogen) atoms. The van der Waals surface area contributed by atoms with Crippen LogP contribution in [-0.2, 0) is 6.61 Å². The molecule has 5 nitrogen and oxygen atoms in total. The number of ether oxygens (including phenoxy) is 1. The molecule has 98 valence electrons. The standard InChI is InChI=1S/C12H8F2N2O3/c13-9-1-2-11(16(17)18)12(4-9)19-7-8-3-10(14)6-15-5-8/h1-6H,7H2. The van der Waals surface area contributed by atoms with Crippen molar-refractivity contribution in [3.05, 3.63) is 64.0 Å². The van der Waals surface area contributed by atoms with Crippen LogP contribution in [0.15, 0.2) is 36.7 Å². The van der Waals surface area contributed by atoms with E-state index >= 15 is 0 Å². The van der Waals surface area contributed by atoms with E-state index in [0.717, 1.165) is 24.4 Å².